The van der Waals surface area contributed by atoms with E-state index in [2.05, 4.69) is 19.9 Å². The Balaban J connectivity index is 2.26. The fourth-order valence-corrected chi connectivity index (χ4v) is 1.89. The molecule has 19 heavy (non-hydrogen) atoms. The fourth-order valence-electron chi connectivity index (χ4n) is 1.89. The van der Waals surface area contributed by atoms with Gasteiger partial charge in [0.1, 0.15) is 11.3 Å². The van der Waals surface area contributed by atoms with Crippen LogP contribution in [0.2, 0.25) is 0 Å². The highest BCUT2D eigenvalue weighted by molar-refractivity contribution is 5.75. The maximum atomic E-state index is 11.6. The van der Waals surface area contributed by atoms with Crippen molar-refractivity contribution in [3.8, 4) is 11.4 Å². The van der Waals surface area contributed by atoms with Crippen molar-refractivity contribution in [2.75, 3.05) is 5.73 Å². The number of imidazole rings is 1. The first-order valence-electron chi connectivity index (χ1n) is 5.63. The summed E-state index contributed by atoms with van der Waals surface area (Å²) in [6.45, 7) is 1.89. The molecule has 7 nitrogen and oxygen atoms in total. The number of aromatic nitrogens is 4. The lowest BCUT2D eigenvalue weighted by Crippen LogP contribution is -2.21. The van der Waals surface area contributed by atoms with Gasteiger partial charge in [-0.15, -0.1) is 0 Å². The number of fused-ring (bicyclic) bond motifs is 1. The van der Waals surface area contributed by atoms with Crippen LogP contribution >= 0.6 is 0 Å². The van der Waals surface area contributed by atoms with Gasteiger partial charge in [-0.05, 0) is 30.7 Å². The van der Waals surface area contributed by atoms with Crippen molar-refractivity contribution in [2.45, 2.75) is 6.92 Å². The molecular weight excluding hydrogens is 246 g/mol. The van der Waals surface area contributed by atoms with Crippen molar-refractivity contribution in [1.82, 2.24) is 19.9 Å². The van der Waals surface area contributed by atoms with E-state index in [1.165, 1.54) is 0 Å². The molecule has 3 aromatic rings. The first kappa shape index (κ1) is 11.3. The van der Waals surface area contributed by atoms with E-state index >= 15 is 0 Å². The minimum Gasteiger partial charge on any atom is -0.399 e. The van der Waals surface area contributed by atoms with Gasteiger partial charge in [-0.3, -0.25) is 14.8 Å². The van der Waals surface area contributed by atoms with Crippen LogP contribution in [-0.4, -0.2) is 19.9 Å². The highest BCUT2D eigenvalue weighted by atomic mass is 16.2. The Bertz CT molecular complexity index is 887. The molecule has 3 rings (SSSR count). The molecule has 0 saturated heterocycles. The van der Waals surface area contributed by atoms with E-state index in [1.54, 1.807) is 12.1 Å². The van der Waals surface area contributed by atoms with Gasteiger partial charge in [-0.2, -0.15) is 0 Å². The number of nitrogens with zero attached hydrogens (tertiary/aromatic N) is 1. The van der Waals surface area contributed by atoms with Crippen molar-refractivity contribution in [3.63, 3.8) is 0 Å². The molecule has 5 N–H and O–H groups in total. The summed E-state index contributed by atoms with van der Waals surface area (Å²) < 4.78 is 0. The standard InChI is InChI=1S/C12H11N5O2/c1-5-4-6(2-3-7(5)13)9-14-8-10(15-9)16-12(19)17-11(8)18/h2-4H,13H2,1H3,(H3,14,15,16,17,18,19). The van der Waals surface area contributed by atoms with Crippen LogP contribution in [0.15, 0.2) is 27.8 Å². The van der Waals surface area contributed by atoms with Gasteiger partial charge >= 0.3 is 5.69 Å². The van der Waals surface area contributed by atoms with Gasteiger partial charge in [0.05, 0.1) is 0 Å². The molecular formula is C12H11N5O2. The normalized spacial score (nSPS) is 11.0. The largest absolute Gasteiger partial charge is 0.399 e. The average molecular weight is 257 g/mol. The van der Waals surface area contributed by atoms with Crippen LogP contribution in [-0.2, 0) is 0 Å². The Labute approximate surface area is 106 Å². The topological polar surface area (TPSA) is 120 Å². The number of aryl methyl sites for hydroxylation is 1. The number of anilines is 1. The summed E-state index contributed by atoms with van der Waals surface area (Å²) in [6.07, 6.45) is 0. The molecule has 0 atom stereocenters. The van der Waals surface area contributed by atoms with E-state index in [0.29, 0.717) is 11.5 Å². The van der Waals surface area contributed by atoms with Gasteiger partial charge in [0.2, 0.25) is 0 Å². The van der Waals surface area contributed by atoms with Crippen molar-refractivity contribution in [2.24, 2.45) is 0 Å². The molecule has 2 aromatic heterocycles. The maximum absolute atomic E-state index is 11.6. The van der Waals surface area contributed by atoms with E-state index in [0.717, 1.165) is 11.1 Å². The first-order chi connectivity index (χ1) is 9.04. The Kier molecular flexibility index (Phi) is 2.28. The molecule has 0 aliphatic heterocycles. The van der Waals surface area contributed by atoms with Gasteiger partial charge < -0.3 is 10.7 Å². The predicted octanol–water partition coefficient (Wildman–Crippen LogP) is 0.497. The van der Waals surface area contributed by atoms with Crippen molar-refractivity contribution in [3.05, 3.63) is 44.6 Å². The highest BCUT2D eigenvalue weighted by Gasteiger charge is 2.09. The van der Waals surface area contributed by atoms with Crippen LogP contribution in [0.3, 0.4) is 0 Å². The molecule has 0 aliphatic carbocycles. The lowest BCUT2D eigenvalue weighted by molar-refractivity contribution is 1.07. The van der Waals surface area contributed by atoms with E-state index < -0.39 is 11.2 Å². The zero-order chi connectivity index (χ0) is 13.6. The molecule has 0 saturated carbocycles. The molecule has 0 amide bonds. The van der Waals surface area contributed by atoms with Crippen LogP contribution < -0.4 is 17.0 Å². The summed E-state index contributed by atoms with van der Waals surface area (Å²) in [5, 5.41) is 0. The van der Waals surface area contributed by atoms with Crippen molar-refractivity contribution >= 4 is 16.9 Å². The molecule has 0 bridgehead atoms. The number of rotatable bonds is 1. The third-order valence-corrected chi connectivity index (χ3v) is 2.93. The fraction of sp³-hybridized carbons (Fsp3) is 0.0833. The number of nitrogens with one attached hydrogen (secondary N) is 3. The molecule has 96 valence electrons. The molecule has 0 radical (unpaired) electrons. The number of aromatic amines is 3. The van der Waals surface area contributed by atoms with Gasteiger partial charge in [-0.25, -0.2) is 9.78 Å². The van der Waals surface area contributed by atoms with Gasteiger partial charge in [-0.1, -0.05) is 0 Å². The molecule has 0 unspecified atom stereocenters. The third kappa shape index (κ3) is 1.81. The van der Waals surface area contributed by atoms with E-state index in [4.69, 9.17) is 5.73 Å². The predicted molar refractivity (Wildman–Crippen MR) is 71.9 cm³/mol. The molecule has 2 heterocycles. The van der Waals surface area contributed by atoms with E-state index in [1.807, 2.05) is 13.0 Å². The second-order valence-corrected chi connectivity index (χ2v) is 4.29. The summed E-state index contributed by atoms with van der Waals surface area (Å²) >= 11 is 0. The minimum atomic E-state index is -0.580. The van der Waals surface area contributed by atoms with Gasteiger partial charge in [0.25, 0.3) is 5.56 Å². The molecule has 1 aromatic carbocycles. The van der Waals surface area contributed by atoms with Crippen LogP contribution in [0.1, 0.15) is 5.56 Å². The van der Waals surface area contributed by atoms with E-state index in [-0.39, 0.29) is 11.2 Å². The van der Waals surface area contributed by atoms with E-state index in [9.17, 15) is 9.59 Å². The number of hydrogen-bond donors (Lipinski definition) is 4. The lowest BCUT2D eigenvalue weighted by atomic mass is 10.1. The first-order valence-corrected chi connectivity index (χ1v) is 5.63. The summed E-state index contributed by atoms with van der Waals surface area (Å²) in [5.74, 6) is 0.505. The Morgan fingerprint density at radius 1 is 1.16 bits per heavy atom. The zero-order valence-electron chi connectivity index (χ0n) is 10.1. The van der Waals surface area contributed by atoms with Crippen LogP contribution in [0.5, 0.6) is 0 Å². The molecule has 0 spiro atoms. The summed E-state index contributed by atoms with van der Waals surface area (Å²) in [5.41, 5.74) is 7.55. The van der Waals surface area contributed by atoms with Crippen LogP contribution in [0.4, 0.5) is 5.69 Å². The summed E-state index contributed by atoms with van der Waals surface area (Å²) in [4.78, 5) is 34.5. The monoisotopic (exact) mass is 257 g/mol. The second-order valence-electron chi connectivity index (χ2n) is 4.29. The quantitative estimate of drug-likeness (QED) is 0.474. The lowest BCUT2D eigenvalue weighted by Gasteiger charge is -2.01. The Morgan fingerprint density at radius 3 is 2.68 bits per heavy atom. The zero-order valence-corrected chi connectivity index (χ0v) is 10.1. The summed E-state index contributed by atoms with van der Waals surface area (Å²) in [7, 11) is 0. The smallest absolute Gasteiger partial charge is 0.327 e. The Hall–Kier alpha value is -2.83. The van der Waals surface area contributed by atoms with Crippen molar-refractivity contribution < 1.29 is 0 Å². The maximum Gasteiger partial charge on any atom is 0.327 e. The molecule has 0 aliphatic rings. The van der Waals surface area contributed by atoms with Crippen LogP contribution in [0, 0.1) is 6.92 Å². The number of H-pyrrole nitrogens is 3. The molecule has 7 heteroatoms. The van der Waals surface area contributed by atoms with Crippen LogP contribution in [0.25, 0.3) is 22.6 Å². The molecule has 0 fully saturated rings. The summed E-state index contributed by atoms with van der Waals surface area (Å²) in [6, 6.07) is 5.43. The number of nitrogens with two attached hydrogens (primary N) is 1. The van der Waals surface area contributed by atoms with Gasteiger partial charge in [0.15, 0.2) is 5.65 Å². The van der Waals surface area contributed by atoms with Gasteiger partial charge in [0, 0.05) is 11.3 Å². The Morgan fingerprint density at radius 2 is 1.95 bits per heavy atom. The third-order valence-electron chi connectivity index (χ3n) is 2.93. The second kappa shape index (κ2) is 3.84. The SMILES string of the molecule is Cc1cc(-c2nc3[nH]c(=O)[nH]c(=O)c3[nH]2)ccc1N. The average Bonchev–Trinajstić information content (AvgIpc) is 2.76. The minimum absolute atomic E-state index is 0.234. The number of hydrogen-bond acceptors (Lipinski definition) is 4. The number of benzene rings is 1. The highest BCUT2D eigenvalue weighted by Crippen LogP contribution is 2.21. The van der Waals surface area contributed by atoms with Crippen molar-refractivity contribution in [1.29, 1.82) is 0 Å². The number of nitrogen functional groups attached to an aromatic ring is 1.